The molecule has 0 heterocycles. The van der Waals surface area contributed by atoms with Crippen molar-refractivity contribution in [1.29, 1.82) is 0 Å². The Kier molecular flexibility index (Phi) is 5.09. The van der Waals surface area contributed by atoms with Gasteiger partial charge in [-0.2, -0.15) is 0 Å². The van der Waals surface area contributed by atoms with Crippen LogP contribution in [0.15, 0.2) is 47.4 Å². The van der Waals surface area contributed by atoms with Crippen molar-refractivity contribution >= 4 is 39.0 Å². The molecule has 2 aromatic carbocycles. The summed E-state index contributed by atoms with van der Waals surface area (Å²) in [5.41, 5.74) is 0.893. The van der Waals surface area contributed by atoms with E-state index in [1.165, 1.54) is 31.4 Å². The van der Waals surface area contributed by atoms with Crippen molar-refractivity contribution in [2.45, 2.75) is 4.90 Å². The van der Waals surface area contributed by atoms with Crippen molar-refractivity contribution in [3.05, 3.63) is 47.5 Å². The number of urea groups is 1. The summed E-state index contributed by atoms with van der Waals surface area (Å²) in [5.74, 6) is 0.496. The average Bonchev–Trinajstić information content (AvgIpc) is 2.47. The highest BCUT2D eigenvalue weighted by molar-refractivity contribution is 7.89. The molecule has 0 saturated carbocycles. The van der Waals surface area contributed by atoms with Crippen LogP contribution in [0.3, 0.4) is 0 Å². The van der Waals surface area contributed by atoms with Crippen LogP contribution in [0, 0.1) is 0 Å². The molecule has 0 bridgehead atoms. The van der Waals surface area contributed by atoms with E-state index in [1.54, 1.807) is 18.2 Å². The third-order valence-corrected chi connectivity index (χ3v) is 4.07. The highest BCUT2D eigenvalue weighted by Crippen LogP contribution is 2.27. The van der Waals surface area contributed by atoms with Gasteiger partial charge in [-0.25, -0.2) is 18.4 Å². The molecule has 0 spiro atoms. The smallest absolute Gasteiger partial charge is 0.323 e. The first kappa shape index (κ1) is 17.1. The number of ether oxygens (including phenoxy) is 1. The van der Waals surface area contributed by atoms with E-state index in [4.69, 9.17) is 21.5 Å². The van der Waals surface area contributed by atoms with Gasteiger partial charge in [0.2, 0.25) is 10.0 Å². The lowest BCUT2D eigenvalue weighted by atomic mass is 10.3. The van der Waals surface area contributed by atoms with Gasteiger partial charge in [0, 0.05) is 11.4 Å². The minimum Gasteiger partial charge on any atom is -0.495 e. The number of anilines is 2. The van der Waals surface area contributed by atoms with Crippen molar-refractivity contribution in [1.82, 2.24) is 0 Å². The first-order valence-corrected chi connectivity index (χ1v) is 8.26. The quantitative estimate of drug-likeness (QED) is 0.782. The summed E-state index contributed by atoms with van der Waals surface area (Å²) in [4.78, 5) is 11.9. The van der Waals surface area contributed by atoms with Crippen LogP contribution in [0.5, 0.6) is 5.75 Å². The van der Waals surface area contributed by atoms with Crippen LogP contribution >= 0.6 is 11.6 Å². The number of amides is 2. The molecule has 7 nitrogen and oxygen atoms in total. The fourth-order valence-corrected chi connectivity index (χ4v) is 2.54. The van der Waals surface area contributed by atoms with Gasteiger partial charge in [-0.15, -0.1) is 0 Å². The molecule has 0 aliphatic carbocycles. The van der Waals surface area contributed by atoms with Gasteiger partial charge in [0.1, 0.15) is 5.75 Å². The molecule has 9 heteroatoms. The van der Waals surface area contributed by atoms with Gasteiger partial charge in [0.05, 0.1) is 17.0 Å². The number of hydrogen-bond donors (Lipinski definition) is 3. The number of nitrogens with two attached hydrogens (primary N) is 1. The SMILES string of the molecule is COc1ccc(NC(=O)Nc2ccc(S(N)(=O)=O)cc2)cc1Cl. The Morgan fingerprint density at radius 2 is 1.65 bits per heavy atom. The molecule has 0 unspecified atom stereocenters. The van der Waals surface area contributed by atoms with Crippen LogP contribution in [0.25, 0.3) is 0 Å². The summed E-state index contributed by atoms with van der Waals surface area (Å²) in [6.07, 6.45) is 0. The van der Waals surface area contributed by atoms with E-state index in [1.807, 2.05) is 0 Å². The van der Waals surface area contributed by atoms with E-state index in [-0.39, 0.29) is 4.90 Å². The summed E-state index contributed by atoms with van der Waals surface area (Å²) in [6.45, 7) is 0. The summed E-state index contributed by atoms with van der Waals surface area (Å²) >= 11 is 5.97. The fourth-order valence-electron chi connectivity index (χ4n) is 1.77. The summed E-state index contributed by atoms with van der Waals surface area (Å²) < 4.78 is 27.3. The van der Waals surface area contributed by atoms with Gasteiger partial charge in [-0.3, -0.25) is 0 Å². The number of primary sulfonamides is 1. The highest BCUT2D eigenvalue weighted by Gasteiger charge is 2.09. The number of sulfonamides is 1. The van der Waals surface area contributed by atoms with Gasteiger partial charge >= 0.3 is 6.03 Å². The molecular formula is C14H14ClN3O4S. The lowest BCUT2D eigenvalue weighted by molar-refractivity contribution is 0.262. The fraction of sp³-hybridized carbons (Fsp3) is 0.0714. The summed E-state index contributed by atoms with van der Waals surface area (Å²) in [6, 6.07) is 9.76. The zero-order valence-electron chi connectivity index (χ0n) is 12.0. The monoisotopic (exact) mass is 355 g/mol. The predicted molar refractivity (Wildman–Crippen MR) is 88.5 cm³/mol. The first-order chi connectivity index (χ1) is 10.8. The molecule has 2 rings (SSSR count). The normalized spacial score (nSPS) is 10.9. The largest absolute Gasteiger partial charge is 0.495 e. The minimum atomic E-state index is -3.76. The van der Waals surface area contributed by atoms with Crippen molar-refractivity contribution in [3.8, 4) is 5.75 Å². The molecule has 0 atom stereocenters. The Bertz CT molecular complexity index is 822. The van der Waals surface area contributed by atoms with Gasteiger partial charge in [0.25, 0.3) is 0 Å². The lowest BCUT2D eigenvalue weighted by Crippen LogP contribution is -2.19. The minimum absolute atomic E-state index is 0.0367. The topological polar surface area (TPSA) is 111 Å². The molecular weight excluding hydrogens is 342 g/mol. The molecule has 0 fully saturated rings. The van der Waals surface area contributed by atoms with E-state index >= 15 is 0 Å². The predicted octanol–water partition coefficient (Wildman–Crippen LogP) is 2.64. The standard InChI is InChI=1S/C14H14ClN3O4S/c1-22-13-7-4-10(8-12(13)15)18-14(19)17-9-2-5-11(6-3-9)23(16,20)21/h2-8H,1H3,(H2,16,20,21)(H2,17,18,19). The summed E-state index contributed by atoms with van der Waals surface area (Å²) in [7, 11) is -2.27. The first-order valence-electron chi connectivity index (χ1n) is 6.34. The molecule has 0 aliphatic rings. The molecule has 2 aromatic rings. The molecule has 23 heavy (non-hydrogen) atoms. The third kappa shape index (κ3) is 4.59. The number of rotatable bonds is 4. The molecule has 4 N–H and O–H groups in total. The number of halogens is 1. The van der Waals surface area contributed by atoms with E-state index < -0.39 is 16.1 Å². The number of benzene rings is 2. The van der Waals surface area contributed by atoms with Crippen LogP contribution in [0.4, 0.5) is 16.2 Å². The highest BCUT2D eigenvalue weighted by atomic mass is 35.5. The second-order valence-electron chi connectivity index (χ2n) is 4.50. The Labute approximate surface area is 138 Å². The molecule has 0 aliphatic heterocycles. The second-order valence-corrected chi connectivity index (χ2v) is 6.47. The molecule has 0 saturated heterocycles. The van der Waals surface area contributed by atoms with Crippen molar-refractivity contribution in [3.63, 3.8) is 0 Å². The number of hydrogen-bond acceptors (Lipinski definition) is 4. The lowest BCUT2D eigenvalue weighted by Gasteiger charge is -2.09. The Hall–Kier alpha value is -2.29. The van der Waals surface area contributed by atoms with E-state index in [0.717, 1.165) is 0 Å². The van der Waals surface area contributed by atoms with E-state index in [9.17, 15) is 13.2 Å². The number of nitrogens with one attached hydrogen (secondary N) is 2. The van der Waals surface area contributed by atoms with Crippen LogP contribution in [0.1, 0.15) is 0 Å². The van der Waals surface area contributed by atoms with Crippen LogP contribution in [-0.2, 0) is 10.0 Å². The van der Waals surface area contributed by atoms with E-state index in [2.05, 4.69) is 10.6 Å². The number of carbonyl (C=O) groups is 1. The maximum Gasteiger partial charge on any atom is 0.323 e. The van der Waals surface area contributed by atoms with Gasteiger partial charge in [0.15, 0.2) is 0 Å². The number of carbonyl (C=O) groups excluding carboxylic acids is 1. The van der Waals surface area contributed by atoms with E-state index in [0.29, 0.717) is 22.1 Å². The van der Waals surface area contributed by atoms with Crippen LogP contribution < -0.4 is 20.5 Å². The van der Waals surface area contributed by atoms with Crippen LogP contribution in [-0.4, -0.2) is 21.6 Å². The van der Waals surface area contributed by atoms with Gasteiger partial charge in [-0.1, -0.05) is 11.6 Å². The number of methoxy groups -OCH3 is 1. The Balaban J connectivity index is 2.03. The van der Waals surface area contributed by atoms with Crippen molar-refractivity contribution in [2.24, 2.45) is 5.14 Å². The molecule has 0 radical (unpaired) electrons. The Morgan fingerprint density at radius 3 is 2.17 bits per heavy atom. The third-order valence-electron chi connectivity index (χ3n) is 2.85. The van der Waals surface area contributed by atoms with Crippen molar-refractivity contribution in [2.75, 3.05) is 17.7 Å². The van der Waals surface area contributed by atoms with Crippen molar-refractivity contribution < 1.29 is 17.9 Å². The molecule has 122 valence electrons. The Morgan fingerprint density at radius 1 is 1.09 bits per heavy atom. The van der Waals surface area contributed by atoms with Gasteiger partial charge < -0.3 is 15.4 Å². The van der Waals surface area contributed by atoms with Gasteiger partial charge in [-0.05, 0) is 42.5 Å². The molecule has 0 aromatic heterocycles. The maximum absolute atomic E-state index is 11.9. The summed E-state index contributed by atoms with van der Waals surface area (Å²) in [5, 5.41) is 10.5. The van der Waals surface area contributed by atoms with Crippen LogP contribution in [0.2, 0.25) is 5.02 Å². The zero-order valence-corrected chi connectivity index (χ0v) is 13.6. The maximum atomic E-state index is 11.9. The zero-order chi connectivity index (χ0) is 17.0. The molecule has 2 amide bonds. The average molecular weight is 356 g/mol. The second kappa shape index (κ2) is 6.86.